The average Bonchev–Trinajstić information content (AvgIpc) is 2.90. The lowest BCUT2D eigenvalue weighted by molar-refractivity contribution is -0.123. The summed E-state index contributed by atoms with van der Waals surface area (Å²) >= 11 is 0. The minimum absolute atomic E-state index is 0.0119. The van der Waals surface area contributed by atoms with Gasteiger partial charge in [-0.05, 0) is 63.0 Å². The number of aryl methyl sites for hydroxylation is 2. The van der Waals surface area contributed by atoms with Gasteiger partial charge in [0.15, 0.2) is 0 Å². The highest BCUT2D eigenvalue weighted by atomic mass is 16.3. The van der Waals surface area contributed by atoms with Gasteiger partial charge in [-0.2, -0.15) is 0 Å². The molecule has 2 heterocycles. The second-order valence-corrected chi connectivity index (χ2v) is 6.95. The number of amides is 1. The monoisotopic (exact) mass is 330 g/mol. The quantitative estimate of drug-likeness (QED) is 0.863. The summed E-state index contributed by atoms with van der Waals surface area (Å²) in [7, 11) is 0. The number of aliphatic hydroxyl groups is 1. The van der Waals surface area contributed by atoms with Crippen LogP contribution in [0.25, 0.3) is 11.0 Å². The maximum atomic E-state index is 11.2. The van der Waals surface area contributed by atoms with E-state index in [2.05, 4.69) is 35.9 Å². The van der Waals surface area contributed by atoms with Crippen molar-refractivity contribution in [2.75, 3.05) is 19.6 Å². The minimum Gasteiger partial charge on any atom is -0.390 e. The Morgan fingerprint density at radius 3 is 2.62 bits per heavy atom. The van der Waals surface area contributed by atoms with Crippen molar-refractivity contribution in [3.8, 4) is 0 Å². The van der Waals surface area contributed by atoms with Gasteiger partial charge >= 0.3 is 0 Å². The van der Waals surface area contributed by atoms with Crippen LogP contribution in [0.5, 0.6) is 0 Å². The second-order valence-electron chi connectivity index (χ2n) is 6.95. The first-order valence-electron chi connectivity index (χ1n) is 8.56. The number of carbonyl (C=O) groups is 1. The molecule has 24 heavy (non-hydrogen) atoms. The molecule has 0 radical (unpaired) electrons. The van der Waals surface area contributed by atoms with Crippen LogP contribution >= 0.6 is 0 Å². The summed E-state index contributed by atoms with van der Waals surface area (Å²) in [6.45, 7) is 6.93. The average molecular weight is 330 g/mol. The maximum Gasteiger partial charge on any atom is 0.220 e. The van der Waals surface area contributed by atoms with Crippen molar-refractivity contribution in [3.05, 3.63) is 29.6 Å². The summed E-state index contributed by atoms with van der Waals surface area (Å²) in [5, 5.41) is 10.4. The maximum absolute atomic E-state index is 11.2. The normalized spacial score (nSPS) is 18.1. The molecule has 1 amide bonds. The standard InChI is InChI=1S/C18H26N4O2/c1-12-7-16-17(8-13(12)2)22(11-20-16)10-15(23)9-21-5-3-14(4-6-21)18(19)24/h7-8,11,14-15,23H,3-6,9-10H2,1-2H3,(H2,19,24)/t15-/m1/s1. The summed E-state index contributed by atoms with van der Waals surface area (Å²) in [5.41, 5.74) is 9.84. The SMILES string of the molecule is Cc1cc2ncn(C[C@H](O)CN3CCC(C(N)=O)CC3)c2cc1C. The number of aromatic nitrogens is 2. The first kappa shape index (κ1) is 16.9. The molecule has 1 aromatic carbocycles. The summed E-state index contributed by atoms with van der Waals surface area (Å²) in [6.07, 6.45) is 2.91. The molecule has 1 fully saturated rings. The molecule has 6 nitrogen and oxygen atoms in total. The Balaban J connectivity index is 1.60. The van der Waals surface area contributed by atoms with Crippen LogP contribution in [0.4, 0.5) is 0 Å². The van der Waals surface area contributed by atoms with E-state index in [-0.39, 0.29) is 11.8 Å². The number of nitrogens with zero attached hydrogens (tertiary/aromatic N) is 3. The molecule has 1 aliphatic heterocycles. The van der Waals surface area contributed by atoms with E-state index in [1.165, 1.54) is 11.1 Å². The highest BCUT2D eigenvalue weighted by Gasteiger charge is 2.24. The Kier molecular flexibility index (Phi) is 4.87. The van der Waals surface area contributed by atoms with Gasteiger partial charge in [-0.25, -0.2) is 4.98 Å². The molecule has 6 heteroatoms. The number of likely N-dealkylation sites (tertiary alicyclic amines) is 1. The van der Waals surface area contributed by atoms with Gasteiger partial charge in [0.05, 0.1) is 30.0 Å². The number of hydrogen-bond acceptors (Lipinski definition) is 4. The van der Waals surface area contributed by atoms with E-state index < -0.39 is 6.10 Å². The molecule has 0 bridgehead atoms. The molecule has 2 aromatic rings. The van der Waals surface area contributed by atoms with E-state index in [1.54, 1.807) is 6.33 Å². The molecule has 0 unspecified atom stereocenters. The molecule has 0 saturated carbocycles. The van der Waals surface area contributed by atoms with Crippen molar-refractivity contribution in [3.63, 3.8) is 0 Å². The second kappa shape index (κ2) is 6.91. The van der Waals surface area contributed by atoms with Gasteiger partial charge in [0.2, 0.25) is 5.91 Å². The Morgan fingerprint density at radius 2 is 1.96 bits per heavy atom. The summed E-state index contributed by atoms with van der Waals surface area (Å²) in [4.78, 5) is 17.9. The van der Waals surface area contributed by atoms with Gasteiger partial charge in [0, 0.05) is 12.5 Å². The van der Waals surface area contributed by atoms with Crippen LogP contribution in [0.3, 0.4) is 0 Å². The van der Waals surface area contributed by atoms with Crippen LogP contribution < -0.4 is 5.73 Å². The summed E-state index contributed by atoms with van der Waals surface area (Å²) < 4.78 is 2.02. The smallest absolute Gasteiger partial charge is 0.220 e. The first-order chi connectivity index (χ1) is 11.4. The van der Waals surface area contributed by atoms with E-state index >= 15 is 0 Å². The Morgan fingerprint density at radius 1 is 1.29 bits per heavy atom. The molecule has 1 saturated heterocycles. The Labute approximate surface area is 142 Å². The van der Waals surface area contributed by atoms with Crippen molar-refractivity contribution in [1.29, 1.82) is 0 Å². The van der Waals surface area contributed by atoms with Crippen molar-refractivity contribution in [2.45, 2.75) is 39.3 Å². The van der Waals surface area contributed by atoms with Crippen LogP contribution in [0.1, 0.15) is 24.0 Å². The van der Waals surface area contributed by atoms with Crippen molar-refractivity contribution >= 4 is 16.9 Å². The van der Waals surface area contributed by atoms with Crippen molar-refractivity contribution in [2.24, 2.45) is 11.7 Å². The van der Waals surface area contributed by atoms with Gasteiger partial charge in [-0.1, -0.05) is 0 Å². The molecule has 0 spiro atoms. The molecule has 1 aromatic heterocycles. The van der Waals surface area contributed by atoms with Crippen LogP contribution in [0.15, 0.2) is 18.5 Å². The van der Waals surface area contributed by atoms with Gasteiger partial charge in [-0.15, -0.1) is 0 Å². The first-order valence-corrected chi connectivity index (χ1v) is 8.56. The number of benzene rings is 1. The largest absolute Gasteiger partial charge is 0.390 e. The van der Waals surface area contributed by atoms with Crippen LogP contribution in [-0.2, 0) is 11.3 Å². The molecule has 0 aliphatic carbocycles. The van der Waals surface area contributed by atoms with E-state index in [0.717, 1.165) is 37.0 Å². The zero-order valence-electron chi connectivity index (χ0n) is 14.4. The zero-order chi connectivity index (χ0) is 17.3. The topological polar surface area (TPSA) is 84.4 Å². The number of carbonyl (C=O) groups excluding carboxylic acids is 1. The molecular formula is C18H26N4O2. The lowest BCUT2D eigenvalue weighted by atomic mass is 9.96. The highest BCUT2D eigenvalue weighted by Crippen LogP contribution is 2.20. The summed E-state index contributed by atoms with van der Waals surface area (Å²) in [5.74, 6) is -0.215. The molecule has 130 valence electrons. The third-order valence-corrected chi connectivity index (χ3v) is 5.10. The van der Waals surface area contributed by atoms with E-state index in [9.17, 15) is 9.90 Å². The minimum atomic E-state index is -0.464. The van der Waals surface area contributed by atoms with Gasteiger partial charge in [0.25, 0.3) is 0 Å². The van der Waals surface area contributed by atoms with Crippen molar-refractivity contribution in [1.82, 2.24) is 14.5 Å². The number of aliphatic hydroxyl groups excluding tert-OH is 1. The third kappa shape index (κ3) is 3.60. The Bertz CT molecular complexity index is 732. The highest BCUT2D eigenvalue weighted by molar-refractivity contribution is 5.77. The van der Waals surface area contributed by atoms with Crippen LogP contribution in [-0.4, -0.2) is 51.2 Å². The van der Waals surface area contributed by atoms with Crippen molar-refractivity contribution < 1.29 is 9.90 Å². The predicted octanol–water partition coefficient (Wildman–Crippen LogP) is 1.21. The predicted molar refractivity (Wildman–Crippen MR) is 93.6 cm³/mol. The number of primary amides is 1. The molecule has 3 N–H and O–H groups in total. The van der Waals surface area contributed by atoms with E-state index in [1.807, 2.05) is 4.57 Å². The number of β-amino-alcohol motifs (C(OH)–C–C–N with tert-alkyl or cyclic N) is 1. The lowest BCUT2D eigenvalue weighted by Gasteiger charge is -2.31. The molecular weight excluding hydrogens is 304 g/mol. The fourth-order valence-electron chi connectivity index (χ4n) is 3.44. The lowest BCUT2D eigenvalue weighted by Crippen LogP contribution is -2.42. The fourth-order valence-corrected chi connectivity index (χ4v) is 3.44. The Hall–Kier alpha value is -1.92. The van der Waals surface area contributed by atoms with Crippen LogP contribution in [0.2, 0.25) is 0 Å². The number of nitrogens with two attached hydrogens (primary N) is 1. The van der Waals surface area contributed by atoms with E-state index in [0.29, 0.717) is 13.1 Å². The summed E-state index contributed by atoms with van der Waals surface area (Å²) in [6, 6.07) is 4.21. The number of piperidine rings is 1. The van der Waals surface area contributed by atoms with Gasteiger partial charge < -0.3 is 20.3 Å². The number of imidazole rings is 1. The van der Waals surface area contributed by atoms with Gasteiger partial charge in [-0.3, -0.25) is 4.79 Å². The van der Waals surface area contributed by atoms with Crippen LogP contribution in [0, 0.1) is 19.8 Å². The number of rotatable bonds is 5. The number of hydrogen-bond donors (Lipinski definition) is 2. The molecule has 1 atom stereocenters. The zero-order valence-corrected chi connectivity index (χ0v) is 14.4. The molecule has 3 rings (SSSR count). The third-order valence-electron chi connectivity index (χ3n) is 5.10. The molecule has 1 aliphatic rings. The van der Waals surface area contributed by atoms with Gasteiger partial charge in [0.1, 0.15) is 0 Å². The van der Waals surface area contributed by atoms with E-state index in [4.69, 9.17) is 5.73 Å². The fraction of sp³-hybridized carbons (Fsp3) is 0.556. The number of fused-ring (bicyclic) bond motifs is 1.